The minimum atomic E-state index is 0.585. The van der Waals surface area contributed by atoms with E-state index in [2.05, 4.69) is 22.0 Å². The zero-order chi connectivity index (χ0) is 13.8. The average Bonchev–Trinajstić information content (AvgIpc) is 3.13. The lowest BCUT2D eigenvalue weighted by molar-refractivity contribution is 0.104. The van der Waals surface area contributed by atoms with E-state index in [0.717, 1.165) is 5.92 Å². The molecule has 3 rings (SSSR count). The van der Waals surface area contributed by atoms with E-state index < -0.39 is 0 Å². The SMILES string of the molecule is CCC1(CN2CCC(CN3CCCC3)CC2)CCNC1. The van der Waals surface area contributed by atoms with Crippen molar-refractivity contribution in [3.63, 3.8) is 0 Å². The van der Waals surface area contributed by atoms with Gasteiger partial charge in [-0.15, -0.1) is 0 Å². The summed E-state index contributed by atoms with van der Waals surface area (Å²) in [5, 5.41) is 3.58. The van der Waals surface area contributed by atoms with Crippen molar-refractivity contribution in [2.75, 3.05) is 52.4 Å². The lowest BCUT2D eigenvalue weighted by Gasteiger charge is -2.39. The predicted octanol–water partition coefficient (Wildman–Crippen LogP) is 2.18. The summed E-state index contributed by atoms with van der Waals surface area (Å²) in [5.41, 5.74) is 0.585. The number of likely N-dealkylation sites (tertiary alicyclic amines) is 2. The fraction of sp³-hybridized carbons (Fsp3) is 1.00. The molecule has 3 nitrogen and oxygen atoms in total. The first-order chi connectivity index (χ1) is 9.80. The van der Waals surface area contributed by atoms with E-state index in [-0.39, 0.29) is 0 Å². The van der Waals surface area contributed by atoms with Crippen molar-refractivity contribution < 1.29 is 0 Å². The van der Waals surface area contributed by atoms with Gasteiger partial charge in [-0.05, 0) is 82.6 Å². The van der Waals surface area contributed by atoms with Gasteiger partial charge in [-0.3, -0.25) is 0 Å². The van der Waals surface area contributed by atoms with Crippen molar-refractivity contribution in [3.05, 3.63) is 0 Å². The molecule has 0 aromatic carbocycles. The van der Waals surface area contributed by atoms with Crippen LogP contribution in [0, 0.1) is 11.3 Å². The molecule has 3 heteroatoms. The van der Waals surface area contributed by atoms with Gasteiger partial charge in [0.2, 0.25) is 0 Å². The fourth-order valence-corrected chi connectivity index (χ4v) is 4.48. The van der Waals surface area contributed by atoms with Gasteiger partial charge in [0.05, 0.1) is 0 Å². The van der Waals surface area contributed by atoms with Crippen LogP contribution in [-0.2, 0) is 0 Å². The Morgan fingerprint density at radius 3 is 2.40 bits per heavy atom. The lowest BCUT2D eigenvalue weighted by atomic mass is 9.83. The molecule has 20 heavy (non-hydrogen) atoms. The van der Waals surface area contributed by atoms with Crippen molar-refractivity contribution in [1.82, 2.24) is 15.1 Å². The molecule has 1 atom stereocenters. The van der Waals surface area contributed by atoms with Crippen molar-refractivity contribution >= 4 is 0 Å². The monoisotopic (exact) mass is 279 g/mol. The molecule has 0 aromatic heterocycles. The minimum absolute atomic E-state index is 0.585. The topological polar surface area (TPSA) is 18.5 Å². The second kappa shape index (κ2) is 6.76. The summed E-state index contributed by atoms with van der Waals surface area (Å²) < 4.78 is 0. The third-order valence-corrected chi connectivity index (χ3v) is 6.06. The number of nitrogens with zero attached hydrogens (tertiary/aromatic N) is 2. The van der Waals surface area contributed by atoms with E-state index in [1.54, 1.807) is 0 Å². The van der Waals surface area contributed by atoms with E-state index >= 15 is 0 Å². The molecular weight excluding hydrogens is 246 g/mol. The zero-order valence-electron chi connectivity index (χ0n) is 13.4. The summed E-state index contributed by atoms with van der Waals surface area (Å²) in [5.74, 6) is 0.976. The standard InChI is InChI=1S/C17H33N3/c1-2-17(7-8-18-14-17)15-20-11-5-16(6-12-20)13-19-9-3-4-10-19/h16,18H,2-15H2,1H3. The van der Waals surface area contributed by atoms with E-state index in [1.807, 2.05) is 0 Å². The summed E-state index contributed by atoms with van der Waals surface area (Å²) in [4.78, 5) is 5.46. The largest absolute Gasteiger partial charge is 0.316 e. The van der Waals surface area contributed by atoms with Crippen LogP contribution in [0.4, 0.5) is 0 Å². The van der Waals surface area contributed by atoms with Crippen molar-refractivity contribution in [2.45, 2.75) is 45.4 Å². The number of piperidine rings is 1. The van der Waals surface area contributed by atoms with Crippen LogP contribution in [0.25, 0.3) is 0 Å². The van der Waals surface area contributed by atoms with Gasteiger partial charge in [0.25, 0.3) is 0 Å². The van der Waals surface area contributed by atoms with Gasteiger partial charge >= 0.3 is 0 Å². The summed E-state index contributed by atoms with van der Waals surface area (Å²) in [7, 11) is 0. The van der Waals surface area contributed by atoms with Gasteiger partial charge in [0.15, 0.2) is 0 Å². The maximum absolute atomic E-state index is 3.58. The molecule has 0 saturated carbocycles. The number of hydrogen-bond donors (Lipinski definition) is 1. The van der Waals surface area contributed by atoms with Crippen LogP contribution in [0.5, 0.6) is 0 Å². The molecule has 116 valence electrons. The highest BCUT2D eigenvalue weighted by molar-refractivity contribution is 4.90. The third-order valence-electron chi connectivity index (χ3n) is 6.06. The Balaban J connectivity index is 1.41. The Bertz CT molecular complexity index is 285. The quantitative estimate of drug-likeness (QED) is 0.832. The molecule has 0 bridgehead atoms. The van der Waals surface area contributed by atoms with Gasteiger partial charge in [-0.25, -0.2) is 0 Å². The van der Waals surface area contributed by atoms with Crippen molar-refractivity contribution in [1.29, 1.82) is 0 Å². The van der Waals surface area contributed by atoms with Crippen LogP contribution < -0.4 is 5.32 Å². The summed E-state index contributed by atoms with van der Waals surface area (Å²) in [6.45, 7) is 13.0. The molecular formula is C17H33N3. The van der Waals surface area contributed by atoms with Crippen LogP contribution in [0.1, 0.15) is 45.4 Å². The minimum Gasteiger partial charge on any atom is -0.316 e. The molecule has 1 unspecified atom stereocenters. The Morgan fingerprint density at radius 1 is 1.05 bits per heavy atom. The molecule has 3 fully saturated rings. The summed E-state index contributed by atoms with van der Waals surface area (Å²) >= 11 is 0. The first kappa shape index (κ1) is 14.8. The smallest absolute Gasteiger partial charge is 0.00505 e. The van der Waals surface area contributed by atoms with Crippen LogP contribution in [0.2, 0.25) is 0 Å². The third kappa shape index (κ3) is 3.55. The maximum Gasteiger partial charge on any atom is 0.00505 e. The zero-order valence-corrected chi connectivity index (χ0v) is 13.4. The number of hydrogen-bond acceptors (Lipinski definition) is 3. The first-order valence-electron chi connectivity index (χ1n) is 8.95. The van der Waals surface area contributed by atoms with Gasteiger partial charge < -0.3 is 15.1 Å². The Kier molecular flexibility index (Phi) is 5.00. The van der Waals surface area contributed by atoms with Crippen LogP contribution in [0.15, 0.2) is 0 Å². The number of nitrogens with one attached hydrogen (secondary N) is 1. The van der Waals surface area contributed by atoms with Gasteiger partial charge in [0, 0.05) is 19.6 Å². The molecule has 0 aliphatic carbocycles. The summed E-state index contributed by atoms with van der Waals surface area (Å²) in [6.07, 6.45) is 8.47. The number of rotatable bonds is 5. The normalized spacial score (nSPS) is 34.0. The predicted molar refractivity (Wildman–Crippen MR) is 85.0 cm³/mol. The highest BCUT2D eigenvalue weighted by Crippen LogP contribution is 2.32. The molecule has 0 radical (unpaired) electrons. The highest BCUT2D eigenvalue weighted by Gasteiger charge is 2.34. The maximum atomic E-state index is 3.58. The highest BCUT2D eigenvalue weighted by atomic mass is 15.2. The second-order valence-corrected chi connectivity index (χ2v) is 7.51. The molecule has 3 heterocycles. The lowest BCUT2D eigenvalue weighted by Crippen LogP contribution is -2.44. The molecule has 3 aliphatic rings. The van der Waals surface area contributed by atoms with Crippen LogP contribution in [-0.4, -0.2) is 62.2 Å². The Labute approximate surface area is 125 Å². The van der Waals surface area contributed by atoms with E-state index in [1.165, 1.54) is 90.9 Å². The van der Waals surface area contributed by atoms with E-state index in [0.29, 0.717) is 5.41 Å². The molecule has 0 amide bonds. The Hall–Kier alpha value is -0.120. The van der Waals surface area contributed by atoms with Gasteiger partial charge in [-0.1, -0.05) is 6.92 Å². The average molecular weight is 279 g/mol. The van der Waals surface area contributed by atoms with Crippen LogP contribution >= 0.6 is 0 Å². The first-order valence-corrected chi connectivity index (χ1v) is 8.95. The second-order valence-electron chi connectivity index (χ2n) is 7.51. The van der Waals surface area contributed by atoms with Gasteiger partial charge in [0.1, 0.15) is 0 Å². The fourth-order valence-electron chi connectivity index (χ4n) is 4.48. The van der Waals surface area contributed by atoms with E-state index in [9.17, 15) is 0 Å². The molecule has 3 aliphatic heterocycles. The van der Waals surface area contributed by atoms with E-state index in [4.69, 9.17) is 0 Å². The van der Waals surface area contributed by atoms with Crippen molar-refractivity contribution in [3.8, 4) is 0 Å². The molecule has 3 saturated heterocycles. The van der Waals surface area contributed by atoms with Gasteiger partial charge in [-0.2, -0.15) is 0 Å². The molecule has 1 N–H and O–H groups in total. The molecule has 0 aromatic rings. The summed E-state index contributed by atoms with van der Waals surface area (Å²) in [6, 6.07) is 0. The van der Waals surface area contributed by atoms with Crippen molar-refractivity contribution in [2.24, 2.45) is 11.3 Å². The molecule has 0 spiro atoms. The van der Waals surface area contributed by atoms with Crippen LogP contribution in [0.3, 0.4) is 0 Å². The Morgan fingerprint density at radius 2 is 1.80 bits per heavy atom.